The highest BCUT2D eigenvalue weighted by Crippen LogP contribution is 2.50. The van der Waals surface area contributed by atoms with Gasteiger partial charge in [0.15, 0.2) is 0 Å². The molecule has 3 rings (SSSR count). The average Bonchev–Trinajstić information content (AvgIpc) is 2.84. The van der Waals surface area contributed by atoms with Crippen LogP contribution in [-0.4, -0.2) is 29.0 Å². The van der Waals surface area contributed by atoms with E-state index in [-0.39, 0.29) is 5.92 Å². The van der Waals surface area contributed by atoms with E-state index in [1.54, 1.807) is 7.11 Å². The maximum Gasteiger partial charge on any atom is 0.141 e. The number of aromatic nitrogens is 1. The van der Waals surface area contributed by atoms with Gasteiger partial charge in [0, 0.05) is 22.7 Å². The second-order valence-corrected chi connectivity index (χ2v) is 7.34. The van der Waals surface area contributed by atoms with Crippen LogP contribution < -0.4 is 10.1 Å². The lowest BCUT2D eigenvalue weighted by Gasteiger charge is -2.43. The monoisotopic (exact) mass is 330 g/mol. The van der Waals surface area contributed by atoms with Crippen LogP contribution in [0.4, 0.5) is 5.69 Å². The lowest BCUT2D eigenvalue weighted by Crippen LogP contribution is -2.50. The van der Waals surface area contributed by atoms with Crippen molar-refractivity contribution >= 4 is 5.69 Å². The minimum Gasteiger partial charge on any atom is -0.496 e. The Morgan fingerprint density at radius 3 is 2.50 bits per heavy atom. The number of nitrogens with one attached hydrogen (secondary N) is 1. The fraction of sp³-hybridized carbons (Fsp3) is 0.526. The summed E-state index contributed by atoms with van der Waals surface area (Å²) in [5, 5.41) is 18.3. The van der Waals surface area contributed by atoms with Crippen molar-refractivity contribution in [3.05, 3.63) is 28.6 Å². The van der Waals surface area contributed by atoms with Gasteiger partial charge in [0.1, 0.15) is 11.5 Å². The third-order valence-electron chi connectivity index (χ3n) is 5.14. The van der Waals surface area contributed by atoms with Crippen LogP contribution in [0.1, 0.15) is 49.3 Å². The van der Waals surface area contributed by atoms with Crippen molar-refractivity contribution in [3.63, 3.8) is 0 Å². The number of ether oxygens (including phenoxy) is 1. The summed E-state index contributed by atoms with van der Waals surface area (Å²) in [5.41, 5.74) is 5.54. The lowest BCUT2D eigenvalue weighted by atomic mass is 9.76. The predicted molar refractivity (Wildman–Crippen MR) is 94.8 cm³/mol. The van der Waals surface area contributed by atoms with Gasteiger partial charge in [-0.2, -0.15) is 0 Å². The molecular weight excluding hydrogens is 304 g/mol. The summed E-state index contributed by atoms with van der Waals surface area (Å²) in [4.78, 5) is 0. The number of aryl methyl sites for hydroxylation is 3. The zero-order chi connectivity index (χ0) is 17.8. The Balaban J connectivity index is 2.32. The minimum atomic E-state index is -0.516. The molecule has 5 nitrogen and oxygen atoms in total. The van der Waals surface area contributed by atoms with Gasteiger partial charge in [-0.25, -0.2) is 0 Å². The highest BCUT2D eigenvalue weighted by Gasteiger charge is 2.41. The number of anilines is 1. The highest BCUT2D eigenvalue weighted by molar-refractivity contribution is 5.82. The maximum atomic E-state index is 10.7. The van der Waals surface area contributed by atoms with Crippen molar-refractivity contribution in [1.29, 1.82) is 0 Å². The number of nitrogens with zero attached hydrogens (tertiary/aromatic N) is 1. The zero-order valence-electron chi connectivity index (χ0n) is 15.4. The third kappa shape index (κ3) is 2.30. The number of aliphatic hydroxyl groups excluding tert-OH is 1. The SMILES string of the molecule is COc1c(-c2c(C)noc2C)cc(C)c2c1[C@@H](C)[C@H](O)C(C)(C)N2. The van der Waals surface area contributed by atoms with Gasteiger partial charge in [-0.15, -0.1) is 0 Å². The molecule has 0 amide bonds. The van der Waals surface area contributed by atoms with Gasteiger partial charge in [-0.3, -0.25) is 0 Å². The molecule has 0 saturated heterocycles. The standard InChI is InChI=1S/C19H26N2O3/c1-9-8-13(15-11(3)21-24-12(15)4)17(23-7)14-10(2)18(22)19(5,6)20-16(9)14/h8,10,18,20,22H,1-7H3/t10-,18+/m1/s1. The molecule has 2 aromatic rings. The molecule has 0 saturated carbocycles. The summed E-state index contributed by atoms with van der Waals surface area (Å²) in [6, 6.07) is 2.11. The smallest absolute Gasteiger partial charge is 0.141 e. The van der Waals surface area contributed by atoms with E-state index >= 15 is 0 Å². The van der Waals surface area contributed by atoms with Crippen LogP contribution >= 0.6 is 0 Å². The first-order chi connectivity index (χ1) is 11.2. The molecule has 0 aliphatic carbocycles. The number of rotatable bonds is 2. The number of methoxy groups -OCH3 is 1. The molecular formula is C19H26N2O3. The van der Waals surface area contributed by atoms with E-state index in [4.69, 9.17) is 9.26 Å². The Kier molecular flexibility index (Phi) is 3.87. The number of benzene rings is 1. The summed E-state index contributed by atoms with van der Waals surface area (Å²) in [5.74, 6) is 1.49. The fourth-order valence-corrected chi connectivity index (χ4v) is 3.88. The molecule has 0 radical (unpaired) electrons. The molecule has 0 fully saturated rings. The number of aliphatic hydroxyl groups is 1. The largest absolute Gasteiger partial charge is 0.496 e. The molecule has 2 atom stereocenters. The molecule has 2 heterocycles. The zero-order valence-corrected chi connectivity index (χ0v) is 15.4. The molecule has 130 valence electrons. The van der Waals surface area contributed by atoms with Crippen LogP contribution in [0.3, 0.4) is 0 Å². The molecule has 1 aromatic carbocycles. The molecule has 1 aliphatic rings. The number of fused-ring (bicyclic) bond motifs is 1. The molecule has 0 spiro atoms. The van der Waals surface area contributed by atoms with Crippen LogP contribution in [0.15, 0.2) is 10.6 Å². The summed E-state index contributed by atoms with van der Waals surface area (Å²) >= 11 is 0. The molecule has 5 heteroatoms. The molecule has 0 bridgehead atoms. The van der Waals surface area contributed by atoms with Crippen LogP contribution in [-0.2, 0) is 0 Å². The van der Waals surface area contributed by atoms with Crippen LogP contribution in [0.2, 0.25) is 0 Å². The van der Waals surface area contributed by atoms with E-state index in [1.807, 2.05) is 34.6 Å². The van der Waals surface area contributed by atoms with Crippen molar-refractivity contribution < 1.29 is 14.4 Å². The van der Waals surface area contributed by atoms with Gasteiger partial charge in [0.05, 0.1) is 30.0 Å². The summed E-state index contributed by atoms with van der Waals surface area (Å²) < 4.78 is 11.1. The van der Waals surface area contributed by atoms with Crippen molar-refractivity contribution in [1.82, 2.24) is 5.16 Å². The van der Waals surface area contributed by atoms with E-state index < -0.39 is 11.6 Å². The van der Waals surface area contributed by atoms with E-state index in [9.17, 15) is 5.11 Å². The first-order valence-corrected chi connectivity index (χ1v) is 8.30. The van der Waals surface area contributed by atoms with Gasteiger partial charge in [-0.1, -0.05) is 12.1 Å². The summed E-state index contributed by atoms with van der Waals surface area (Å²) in [6.45, 7) is 12.0. The molecule has 1 aliphatic heterocycles. The van der Waals surface area contributed by atoms with E-state index in [0.29, 0.717) is 0 Å². The van der Waals surface area contributed by atoms with Crippen molar-refractivity contribution in [2.75, 3.05) is 12.4 Å². The topological polar surface area (TPSA) is 67.5 Å². The predicted octanol–water partition coefficient (Wildman–Crippen LogP) is 3.94. The first-order valence-electron chi connectivity index (χ1n) is 8.30. The Hall–Kier alpha value is -2.01. The van der Waals surface area contributed by atoms with Crippen molar-refractivity contribution in [2.24, 2.45) is 0 Å². The lowest BCUT2D eigenvalue weighted by molar-refractivity contribution is 0.0858. The first kappa shape index (κ1) is 16.8. The highest BCUT2D eigenvalue weighted by atomic mass is 16.5. The van der Waals surface area contributed by atoms with E-state index in [0.717, 1.165) is 45.1 Å². The second kappa shape index (κ2) is 5.52. The Morgan fingerprint density at radius 2 is 1.96 bits per heavy atom. The molecule has 2 N–H and O–H groups in total. The maximum absolute atomic E-state index is 10.7. The second-order valence-electron chi connectivity index (χ2n) is 7.34. The van der Waals surface area contributed by atoms with Crippen molar-refractivity contribution in [3.8, 4) is 16.9 Å². The van der Waals surface area contributed by atoms with Gasteiger partial charge in [-0.05, 0) is 46.2 Å². The normalized spacial score (nSPS) is 22.0. The fourth-order valence-electron chi connectivity index (χ4n) is 3.88. The van der Waals surface area contributed by atoms with Gasteiger partial charge < -0.3 is 19.7 Å². The van der Waals surface area contributed by atoms with Crippen LogP contribution in [0.25, 0.3) is 11.1 Å². The summed E-state index contributed by atoms with van der Waals surface area (Å²) in [7, 11) is 1.67. The van der Waals surface area contributed by atoms with Crippen LogP contribution in [0, 0.1) is 20.8 Å². The Labute approximate surface area is 143 Å². The Morgan fingerprint density at radius 1 is 1.29 bits per heavy atom. The van der Waals surface area contributed by atoms with E-state index in [1.165, 1.54) is 0 Å². The van der Waals surface area contributed by atoms with Gasteiger partial charge in [0.2, 0.25) is 0 Å². The Bertz CT molecular complexity index is 773. The number of hydrogen-bond acceptors (Lipinski definition) is 5. The molecule has 24 heavy (non-hydrogen) atoms. The van der Waals surface area contributed by atoms with Crippen LogP contribution in [0.5, 0.6) is 5.75 Å². The molecule has 0 unspecified atom stereocenters. The van der Waals surface area contributed by atoms with E-state index in [2.05, 4.69) is 23.5 Å². The quantitative estimate of drug-likeness (QED) is 0.873. The molecule has 1 aromatic heterocycles. The average molecular weight is 330 g/mol. The summed E-state index contributed by atoms with van der Waals surface area (Å²) in [6.07, 6.45) is -0.516. The minimum absolute atomic E-state index is 0.0506. The van der Waals surface area contributed by atoms with Gasteiger partial charge in [0.25, 0.3) is 0 Å². The third-order valence-corrected chi connectivity index (χ3v) is 5.14. The number of hydrogen-bond donors (Lipinski definition) is 2. The van der Waals surface area contributed by atoms with Gasteiger partial charge >= 0.3 is 0 Å². The van der Waals surface area contributed by atoms with Crippen molar-refractivity contribution in [2.45, 2.75) is 59.1 Å².